The van der Waals surface area contributed by atoms with E-state index < -0.39 is 0 Å². The molecule has 0 aliphatic carbocycles. The van der Waals surface area contributed by atoms with Crippen LogP contribution in [0.3, 0.4) is 0 Å². The highest BCUT2D eigenvalue weighted by atomic mass is 16.2. The Kier molecular flexibility index (Phi) is 5.92. The molecule has 0 N–H and O–H groups in total. The third-order valence-corrected chi connectivity index (χ3v) is 6.40. The number of amides is 1. The molecule has 1 aliphatic rings. The maximum atomic E-state index is 13.0. The molecule has 34 heavy (non-hydrogen) atoms. The fourth-order valence-electron chi connectivity index (χ4n) is 4.63. The van der Waals surface area contributed by atoms with Gasteiger partial charge in [-0.1, -0.05) is 66.7 Å². The minimum absolute atomic E-state index is 0.0500. The van der Waals surface area contributed by atoms with Gasteiger partial charge in [-0.15, -0.1) is 10.2 Å². The minimum Gasteiger partial charge on any atom is -0.351 e. The number of nitriles is 1. The summed E-state index contributed by atoms with van der Waals surface area (Å²) in [6.45, 7) is 4.11. The molecule has 0 saturated carbocycles. The number of anilines is 1. The summed E-state index contributed by atoms with van der Waals surface area (Å²) in [6, 6.07) is 27.8. The van der Waals surface area contributed by atoms with Crippen molar-refractivity contribution in [1.82, 2.24) is 15.1 Å². The molecule has 168 valence electrons. The largest absolute Gasteiger partial charge is 0.351 e. The predicted molar refractivity (Wildman–Crippen MR) is 133 cm³/mol. The van der Waals surface area contributed by atoms with Gasteiger partial charge in [-0.05, 0) is 24.6 Å². The number of benzene rings is 3. The first-order valence-corrected chi connectivity index (χ1v) is 11.5. The van der Waals surface area contributed by atoms with Crippen molar-refractivity contribution >= 4 is 22.5 Å². The Bertz CT molecular complexity index is 1360. The van der Waals surface area contributed by atoms with Crippen LogP contribution in [0.1, 0.15) is 18.1 Å². The summed E-state index contributed by atoms with van der Waals surface area (Å²) >= 11 is 0. The van der Waals surface area contributed by atoms with E-state index in [0.29, 0.717) is 31.6 Å². The van der Waals surface area contributed by atoms with Gasteiger partial charge in [0.2, 0.25) is 5.91 Å². The van der Waals surface area contributed by atoms with Gasteiger partial charge in [0.05, 0.1) is 18.1 Å². The normalized spacial score (nSPS) is 15.8. The van der Waals surface area contributed by atoms with Crippen molar-refractivity contribution < 1.29 is 4.79 Å². The molecule has 1 fully saturated rings. The van der Waals surface area contributed by atoms with Crippen molar-refractivity contribution in [2.75, 3.05) is 24.5 Å². The number of nitrogens with zero attached hydrogens (tertiary/aromatic N) is 5. The topological polar surface area (TPSA) is 73.1 Å². The van der Waals surface area contributed by atoms with Gasteiger partial charge in [0.1, 0.15) is 5.69 Å². The molecular weight excluding hydrogens is 422 g/mol. The molecule has 1 aromatic heterocycles. The van der Waals surface area contributed by atoms with Crippen LogP contribution < -0.4 is 4.90 Å². The first-order chi connectivity index (χ1) is 16.6. The van der Waals surface area contributed by atoms with Gasteiger partial charge in [-0.25, -0.2) is 0 Å². The fraction of sp³-hybridized carbons (Fsp3) is 0.214. The lowest BCUT2D eigenvalue weighted by Gasteiger charge is -2.40. The van der Waals surface area contributed by atoms with Gasteiger partial charge in [-0.3, -0.25) is 4.79 Å². The van der Waals surface area contributed by atoms with E-state index in [1.807, 2.05) is 47.4 Å². The Balaban J connectivity index is 1.35. The van der Waals surface area contributed by atoms with Crippen molar-refractivity contribution in [2.45, 2.75) is 19.4 Å². The summed E-state index contributed by atoms with van der Waals surface area (Å²) in [4.78, 5) is 17.2. The van der Waals surface area contributed by atoms with Gasteiger partial charge in [0.15, 0.2) is 5.82 Å². The van der Waals surface area contributed by atoms with Crippen LogP contribution in [0.25, 0.3) is 22.0 Å². The lowest BCUT2D eigenvalue weighted by molar-refractivity contribution is -0.132. The van der Waals surface area contributed by atoms with E-state index >= 15 is 0 Å². The molecule has 0 bridgehead atoms. The summed E-state index contributed by atoms with van der Waals surface area (Å²) in [5, 5.41) is 20.4. The fourth-order valence-corrected chi connectivity index (χ4v) is 4.63. The second kappa shape index (κ2) is 9.32. The highest BCUT2D eigenvalue weighted by Crippen LogP contribution is 2.32. The highest BCUT2D eigenvalue weighted by Gasteiger charge is 2.29. The number of piperazine rings is 1. The zero-order valence-electron chi connectivity index (χ0n) is 19.1. The van der Waals surface area contributed by atoms with Crippen LogP contribution in [0.5, 0.6) is 0 Å². The molecule has 4 aromatic rings. The van der Waals surface area contributed by atoms with E-state index in [0.717, 1.165) is 33.4 Å². The van der Waals surface area contributed by atoms with Gasteiger partial charge >= 0.3 is 0 Å². The average molecular weight is 448 g/mol. The summed E-state index contributed by atoms with van der Waals surface area (Å²) in [5.74, 6) is 0.966. The summed E-state index contributed by atoms with van der Waals surface area (Å²) < 4.78 is 0. The molecule has 1 atom stereocenters. The first-order valence-electron chi connectivity index (χ1n) is 11.5. The van der Waals surface area contributed by atoms with E-state index in [1.54, 1.807) is 12.1 Å². The molecule has 0 unspecified atom stereocenters. The molecule has 1 aliphatic heterocycles. The molecule has 3 aromatic carbocycles. The summed E-state index contributed by atoms with van der Waals surface area (Å²) in [7, 11) is 0. The number of hydrogen-bond acceptors (Lipinski definition) is 5. The summed E-state index contributed by atoms with van der Waals surface area (Å²) in [6.07, 6.45) is 0.338. The van der Waals surface area contributed by atoms with Gasteiger partial charge < -0.3 is 9.80 Å². The van der Waals surface area contributed by atoms with Crippen LogP contribution in [0.15, 0.2) is 78.9 Å². The Morgan fingerprint density at radius 3 is 2.35 bits per heavy atom. The van der Waals surface area contributed by atoms with Crippen molar-refractivity contribution in [2.24, 2.45) is 0 Å². The highest BCUT2D eigenvalue weighted by molar-refractivity contribution is 6.00. The third-order valence-electron chi connectivity index (χ3n) is 6.40. The SMILES string of the molecule is C[C@H]1CN(c2nnc(-c3ccccc3)c3ccccc23)CCN1C(=O)Cc1ccc(C#N)cc1. The first kappa shape index (κ1) is 21.6. The van der Waals surface area contributed by atoms with Crippen LogP contribution in [-0.4, -0.2) is 46.7 Å². The lowest BCUT2D eigenvalue weighted by atomic mass is 10.0. The molecule has 6 heteroatoms. The van der Waals surface area contributed by atoms with Crippen LogP contribution in [0.2, 0.25) is 0 Å². The van der Waals surface area contributed by atoms with Crippen molar-refractivity contribution in [3.63, 3.8) is 0 Å². The van der Waals surface area contributed by atoms with Gasteiger partial charge in [0, 0.05) is 42.0 Å². The molecule has 5 rings (SSSR count). The third kappa shape index (κ3) is 4.20. The number of fused-ring (bicyclic) bond motifs is 1. The maximum Gasteiger partial charge on any atom is 0.227 e. The van der Waals surface area contributed by atoms with Crippen molar-refractivity contribution in [3.05, 3.63) is 90.0 Å². The number of hydrogen-bond donors (Lipinski definition) is 0. The van der Waals surface area contributed by atoms with E-state index in [4.69, 9.17) is 5.26 Å². The zero-order valence-corrected chi connectivity index (χ0v) is 19.1. The molecule has 6 nitrogen and oxygen atoms in total. The Morgan fingerprint density at radius 2 is 1.65 bits per heavy atom. The quantitative estimate of drug-likeness (QED) is 0.462. The average Bonchev–Trinajstić information content (AvgIpc) is 2.89. The molecule has 1 amide bonds. The lowest BCUT2D eigenvalue weighted by Crippen LogP contribution is -2.54. The predicted octanol–water partition coefficient (Wildman–Crippen LogP) is 4.45. The van der Waals surface area contributed by atoms with Gasteiger partial charge in [-0.2, -0.15) is 5.26 Å². The monoisotopic (exact) mass is 447 g/mol. The number of carbonyl (C=O) groups excluding carboxylic acids is 1. The minimum atomic E-state index is 0.0500. The Labute approximate surface area is 199 Å². The van der Waals surface area contributed by atoms with E-state index in [-0.39, 0.29) is 11.9 Å². The van der Waals surface area contributed by atoms with Crippen LogP contribution in [0.4, 0.5) is 5.82 Å². The van der Waals surface area contributed by atoms with Crippen molar-refractivity contribution in [1.29, 1.82) is 5.26 Å². The van der Waals surface area contributed by atoms with Crippen LogP contribution in [0, 0.1) is 11.3 Å². The van der Waals surface area contributed by atoms with E-state index in [1.165, 1.54) is 0 Å². The smallest absolute Gasteiger partial charge is 0.227 e. The number of aromatic nitrogens is 2. The van der Waals surface area contributed by atoms with Crippen molar-refractivity contribution in [3.8, 4) is 17.3 Å². The molecule has 0 radical (unpaired) electrons. The van der Waals surface area contributed by atoms with E-state index in [2.05, 4.69) is 52.4 Å². The van der Waals surface area contributed by atoms with Crippen LogP contribution >= 0.6 is 0 Å². The molecule has 2 heterocycles. The number of rotatable bonds is 4. The second-order valence-electron chi connectivity index (χ2n) is 8.65. The standard InChI is InChI=1S/C28H25N5O/c1-20-19-32(15-16-33(20)26(34)17-21-11-13-22(18-29)14-12-21)28-25-10-6-5-9-24(25)27(30-31-28)23-7-3-2-4-8-23/h2-14,20H,15-17,19H2,1H3/t20-/m0/s1. The second-order valence-corrected chi connectivity index (χ2v) is 8.65. The van der Waals surface area contributed by atoms with E-state index in [9.17, 15) is 4.79 Å². The summed E-state index contributed by atoms with van der Waals surface area (Å²) in [5.41, 5.74) is 3.45. The van der Waals surface area contributed by atoms with Gasteiger partial charge in [0.25, 0.3) is 0 Å². The number of carbonyl (C=O) groups is 1. The molecule has 1 saturated heterocycles. The molecule has 0 spiro atoms. The zero-order chi connectivity index (χ0) is 23.5. The Morgan fingerprint density at radius 1 is 0.941 bits per heavy atom. The maximum absolute atomic E-state index is 13.0. The molecular formula is C28H25N5O. The Hall–Kier alpha value is -4.24. The van der Waals surface area contributed by atoms with Crippen LogP contribution in [-0.2, 0) is 11.2 Å².